The van der Waals surface area contributed by atoms with E-state index < -0.39 is 0 Å². The molecule has 0 atom stereocenters. The van der Waals surface area contributed by atoms with Crippen molar-refractivity contribution < 1.29 is 4.79 Å². The zero-order chi connectivity index (χ0) is 27.6. The van der Waals surface area contributed by atoms with Gasteiger partial charge in [-0.05, 0) is 44.7 Å². The molecule has 4 aliphatic rings. The maximum absolute atomic E-state index is 13.2. The summed E-state index contributed by atoms with van der Waals surface area (Å²) in [6, 6.07) is 0. The molecule has 218 valence electrons. The van der Waals surface area contributed by atoms with E-state index in [-0.39, 0.29) is 12.5 Å². The maximum atomic E-state index is 13.2. The Bertz CT molecular complexity index is 1080. The predicted octanol–water partition coefficient (Wildman–Crippen LogP) is 4.95. The average molecular weight is 548 g/mol. The molecule has 40 heavy (non-hydrogen) atoms. The van der Waals surface area contributed by atoms with Gasteiger partial charge in [-0.25, -0.2) is 4.98 Å². The van der Waals surface area contributed by atoms with E-state index in [2.05, 4.69) is 49.8 Å². The normalized spacial score (nSPS) is 21.2. The summed E-state index contributed by atoms with van der Waals surface area (Å²) in [7, 11) is 0. The van der Waals surface area contributed by atoms with Crippen LogP contribution in [0.15, 0.2) is 35.1 Å². The lowest BCUT2D eigenvalue weighted by molar-refractivity contribution is -0.131. The van der Waals surface area contributed by atoms with Gasteiger partial charge in [0.25, 0.3) is 0 Å². The van der Waals surface area contributed by atoms with Gasteiger partial charge in [0.15, 0.2) is 0 Å². The van der Waals surface area contributed by atoms with Gasteiger partial charge >= 0.3 is 0 Å². The van der Waals surface area contributed by atoms with E-state index in [0.29, 0.717) is 12.8 Å². The third-order valence-corrected chi connectivity index (χ3v) is 9.06. The van der Waals surface area contributed by atoms with Crippen LogP contribution in [0.1, 0.15) is 76.2 Å². The van der Waals surface area contributed by atoms with E-state index in [1.165, 1.54) is 70.0 Å². The molecule has 0 aromatic carbocycles. The summed E-state index contributed by atoms with van der Waals surface area (Å²) in [5.74, 6) is 2.92. The molecular formula is C32H49N7O. The Balaban J connectivity index is 1.14. The lowest BCUT2D eigenvalue weighted by Gasteiger charge is -2.35. The second-order valence-corrected chi connectivity index (χ2v) is 11.8. The van der Waals surface area contributed by atoms with Crippen LogP contribution in [0.4, 0.5) is 5.82 Å². The fraction of sp³-hybridized carbons (Fsp3) is 0.656. The SMILES string of the molecule is C/C=C(\C=C/Cc1nc2n(c1NCC(=O)N1CCN(CCC3CCCCCC3)CC1)C=CN=CC2)N1CCCC1. The van der Waals surface area contributed by atoms with Crippen LogP contribution in [0.5, 0.6) is 0 Å². The van der Waals surface area contributed by atoms with Crippen molar-refractivity contribution in [1.82, 2.24) is 24.3 Å². The number of anilines is 1. The van der Waals surface area contributed by atoms with Crippen molar-refractivity contribution in [2.24, 2.45) is 10.9 Å². The van der Waals surface area contributed by atoms with Crippen LogP contribution in [-0.4, -0.2) is 88.7 Å². The zero-order valence-corrected chi connectivity index (χ0v) is 24.6. The van der Waals surface area contributed by atoms with E-state index in [1.54, 1.807) is 6.20 Å². The van der Waals surface area contributed by atoms with Gasteiger partial charge in [0.2, 0.25) is 5.91 Å². The summed E-state index contributed by atoms with van der Waals surface area (Å²) in [5.41, 5.74) is 2.25. The van der Waals surface area contributed by atoms with E-state index >= 15 is 0 Å². The summed E-state index contributed by atoms with van der Waals surface area (Å²) in [6.45, 7) is 9.47. The number of carbonyl (C=O) groups is 1. The van der Waals surface area contributed by atoms with Gasteiger partial charge in [-0.15, -0.1) is 0 Å². The largest absolute Gasteiger partial charge is 0.372 e. The minimum Gasteiger partial charge on any atom is -0.372 e. The number of nitrogens with one attached hydrogen (secondary N) is 1. The van der Waals surface area contributed by atoms with Crippen LogP contribution in [0, 0.1) is 5.92 Å². The van der Waals surface area contributed by atoms with Crippen LogP contribution in [0.2, 0.25) is 0 Å². The summed E-state index contributed by atoms with van der Waals surface area (Å²) in [5, 5.41) is 3.47. The number of amides is 1. The van der Waals surface area contributed by atoms with Gasteiger partial charge < -0.3 is 15.1 Å². The molecule has 4 heterocycles. The van der Waals surface area contributed by atoms with Gasteiger partial charge in [-0.3, -0.25) is 19.3 Å². The smallest absolute Gasteiger partial charge is 0.242 e. The third-order valence-electron chi connectivity index (χ3n) is 9.06. The molecule has 1 N–H and O–H groups in total. The van der Waals surface area contributed by atoms with Gasteiger partial charge in [0.1, 0.15) is 11.6 Å². The zero-order valence-electron chi connectivity index (χ0n) is 24.6. The molecule has 1 aromatic rings. The maximum Gasteiger partial charge on any atom is 0.242 e. The van der Waals surface area contributed by atoms with Crippen molar-refractivity contribution >= 4 is 24.1 Å². The summed E-state index contributed by atoms with van der Waals surface area (Å²) < 4.78 is 2.06. The number of likely N-dealkylation sites (tertiary alicyclic amines) is 1. The van der Waals surface area contributed by atoms with E-state index in [9.17, 15) is 4.79 Å². The van der Waals surface area contributed by atoms with Crippen molar-refractivity contribution in [3.63, 3.8) is 0 Å². The first-order chi connectivity index (χ1) is 19.7. The first-order valence-electron chi connectivity index (χ1n) is 15.8. The predicted molar refractivity (Wildman–Crippen MR) is 164 cm³/mol. The minimum absolute atomic E-state index is 0.166. The molecule has 1 saturated carbocycles. The molecule has 0 bridgehead atoms. The van der Waals surface area contributed by atoms with Gasteiger partial charge in [-0.2, -0.15) is 0 Å². The Morgan fingerprint density at radius 1 is 1.00 bits per heavy atom. The van der Waals surface area contributed by atoms with Crippen LogP contribution >= 0.6 is 0 Å². The highest BCUT2D eigenvalue weighted by atomic mass is 16.2. The van der Waals surface area contributed by atoms with E-state index in [1.807, 2.05) is 17.3 Å². The molecule has 5 rings (SSSR count). The second kappa shape index (κ2) is 14.7. The quantitative estimate of drug-likeness (QED) is 0.332. The molecule has 0 radical (unpaired) electrons. The van der Waals surface area contributed by atoms with Crippen molar-refractivity contribution in [1.29, 1.82) is 0 Å². The second-order valence-electron chi connectivity index (χ2n) is 11.8. The van der Waals surface area contributed by atoms with E-state index in [4.69, 9.17) is 4.98 Å². The molecule has 0 unspecified atom stereocenters. The van der Waals surface area contributed by atoms with Crippen molar-refractivity contribution in [2.45, 2.75) is 77.6 Å². The molecule has 1 aromatic heterocycles. The van der Waals surface area contributed by atoms with E-state index in [0.717, 1.165) is 62.5 Å². The highest BCUT2D eigenvalue weighted by Crippen LogP contribution is 2.26. The highest BCUT2D eigenvalue weighted by Gasteiger charge is 2.23. The number of imidazole rings is 1. The number of carbonyl (C=O) groups excluding carboxylic acids is 1. The van der Waals surface area contributed by atoms with Crippen molar-refractivity contribution in [2.75, 3.05) is 57.7 Å². The number of fused-ring (bicyclic) bond motifs is 1. The summed E-state index contributed by atoms with van der Waals surface area (Å²) in [6.07, 6.45) is 26.0. The fourth-order valence-electron chi connectivity index (χ4n) is 6.63. The molecule has 0 spiro atoms. The number of hydrogen-bond donors (Lipinski definition) is 1. The molecule has 2 saturated heterocycles. The van der Waals surface area contributed by atoms with Crippen molar-refractivity contribution in [3.05, 3.63) is 41.6 Å². The van der Waals surface area contributed by atoms with Crippen LogP contribution < -0.4 is 5.32 Å². The van der Waals surface area contributed by atoms with Crippen LogP contribution in [0.25, 0.3) is 6.20 Å². The van der Waals surface area contributed by atoms with Crippen molar-refractivity contribution in [3.8, 4) is 0 Å². The Labute approximate surface area is 240 Å². The molecule has 8 heteroatoms. The molecule has 3 fully saturated rings. The summed E-state index contributed by atoms with van der Waals surface area (Å²) >= 11 is 0. The Morgan fingerprint density at radius 3 is 2.52 bits per heavy atom. The average Bonchev–Trinajstić information content (AvgIpc) is 3.44. The van der Waals surface area contributed by atoms with Gasteiger partial charge in [0.05, 0.1) is 12.2 Å². The number of rotatable bonds is 10. The number of hydrogen-bond acceptors (Lipinski definition) is 6. The standard InChI is InChI=1S/C32H49N7O/c1-2-28(37-18-7-8-19-37)12-9-13-29-32(39-21-17-33-16-14-30(39)35-29)34-26-31(40)38-24-22-36(23-25-38)20-15-27-10-5-3-4-6-11-27/h2,9,12,16-17,21,27,34H,3-8,10-11,13-15,18-20,22-26H2,1H3/b12-9-,28-2+. The first kappa shape index (κ1) is 28.7. The molecular weight excluding hydrogens is 498 g/mol. The Hall–Kier alpha value is -2.87. The summed E-state index contributed by atoms with van der Waals surface area (Å²) in [4.78, 5) is 29.5. The number of allylic oxidation sites excluding steroid dienone is 3. The molecule has 1 aliphatic carbocycles. The van der Waals surface area contributed by atoms with Gasteiger partial charge in [0, 0.05) is 76.4 Å². The molecule has 3 aliphatic heterocycles. The van der Waals surface area contributed by atoms with Gasteiger partial charge in [-0.1, -0.05) is 50.7 Å². The Kier molecular flexibility index (Phi) is 10.5. The number of aliphatic imine (C=N–C) groups is 1. The highest BCUT2D eigenvalue weighted by molar-refractivity contribution is 5.81. The topological polar surface area (TPSA) is 69.0 Å². The monoisotopic (exact) mass is 547 g/mol. The Morgan fingerprint density at radius 2 is 1.77 bits per heavy atom. The van der Waals surface area contributed by atoms with Crippen LogP contribution in [-0.2, 0) is 17.6 Å². The lowest BCUT2D eigenvalue weighted by Crippen LogP contribution is -2.50. The number of nitrogens with zero attached hydrogens (tertiary/aromatic N) is 6. The lowest BCUT2D eigenvalue weighted by atomic mass is 9.96. The number of piperazine rings is 1. The molecule has 1 amide bonds. The minimum atomic E-state index is 0.166. The first-order valence-corrected chi connectivity index (χ1v) is 15.8. The number of aromatic nitrogens is 2. The third kappa shape index (κ3) is 7.65. The van der Waals surface area contributed by atoms with Crippen LogP contribution in [0.3, 0.4) is 0 Å². The molecule has 8 nitrogen and oxygen atoms in total. The fourth-order valence-corrected chi connectivity index (χ4v) is 6.63.